The molecule has 5 nitrogen and oxygen atoms in total. The summed E-state index contributed by atoms with van der Waals surface area (Å²) in [6, 6.07) is 12.3. The van der Waals surface area contributed by atoms with E-state index in [4.69, 9.17) is 14.2 Å². The van der Waals surface area contributed by atoms with Crippen molar-refractivity contribution in [1.82, 2.24) is 4.98 Å². The van der Waals surface area contributed by atoms with Gasteiger partial charge in [0.1, 0.15) is 5.75 Å². The number of hydrogen-bond donors (Lipinski definition) is 0. The van der Waals surface area contributed by atoms with Crippen molar-refractivity contribution in [3.05, 3.63) is 42.6 Å². The van der Waals surface area contributed by atoms with Crippen LogP contribution < -0.4 is 19.1 Å². The van der Waals surface area contributed by atoms with Crippen LogP contribution in [0.3, 0.4) is 0 Å². The SMILES string of the molecule is CC(C)COc1cc(N(C)C)ccc1-c1ccnc2cc3c(cc12)OCO3. The summed E-state index contributed by atoms with van der Waals surface area (Å²) in [5.74, 6) is 2.82. The summed E-state index contributed by atoms with van der Waals surface area (Å²) in [7, 11) is 4.06. The highest BCUT2D eigenvalue weighted by Crippen LogP contribution is 2.41. The van der Waals surface area contributed by atoms with Crippen molar-refractivity contribution in [3.8, 4) is 28.4 Å². The van der Waals surface area contributed by atoms with Crippen molar-refractivity contribution in [3.63, 3.8) is 0 Å². The monoisotopic (exact) mass is 364 g/mol. The molecule has 140 valence electrons. The molecule has 0 bridgehead atoms. The van der Waals surface area contributed by atoms with Crippen LogP contribution in [0.5, 0.6) is 17.2 Å². The lowest BCUT2D eigenvalue weighted by Crippen LogP contribution is -2.10. The van der Waals surface area contributed by atoms with Crippen LogP contribution in [0, 0.1) is 5.92 Å². The smallest absolute Gasteiger partial charge is 0.231 e. The summed E-state index contributed by atoms with van der Waals surface area (Å²) in [5, 5.41) is 1.02. The zero-order valence-corrected chi connectivity index (χ0v) is 16.2. The molecule has 0 saturated carbocycles. The second-order valence-electron chi connectivity index (χ2n) is 7.36. The highest BCUT2D eigenvalue weighted by atomic mass is 16.7. The third-order valence-corrected chi connectivity index (χ3v) is 4.58. The average Bonchev–Trinajstić information content (AvgIpc) is 3.11. The summed E-state index contributed by atoms with van der Waals surface area (Å²) in [6.07, 6.45) is 1.83. The van der Waals surface area contributed by atoms with Crippen molar-refractivity contribution in [2.75, 3.05) is 32.4 Å². The zero-order valence-electron chi connectivity index (χ0n) is 16.2. The molecule has 1 aliphatic heterocycles. The molecule has 2 aromatic carbocycles. The minimum atomic E-state index is 0.251. The number of hydrogen-bond acceptors (Lipinski definition) is 5. The summed E-state index contributed by atoms with van der Waals surface area (Å²) < 4.78 is 17.2. The van der Waals surface area contributed by atoms with Gasteiger partial charge < -0.3 is 19.1 Å². The predicted octanol–water partition coefficient (Wildman–Crippen LogP) is 4.73. The van der Waals surface area contributed by atoms with Gasteiger partial charge in [0.25, 0.3) is 0 Å². The van der Waals surface area contributed by atoms with Crippen molar-refractivity contribution in [2.24, 2.45) is 5.92 Å². The number of fused-ring (bicyclic) bond motifs is 2. The van der Waals surface area contributed by atoms with E-state index >= 15 is 0 Å². The summed E-state index contributed by atoms with van der Waals surface area (Å²) in [5.41, 5.74) is 4.10. The van der Waals surface area contributed by atoms with E-state index in [0.29, 0.717) is 12.5 Å². The van der Waals surface area contributed by atoms with Crippen molar-refractivity contribution < 1.29 is 14.2 Å². The number of aromatic nitrogens is 1. The van der Waals surface area contributed by atoms with Crippen molar-refractivity contribution in [1.29, 1.82) is 0 Å². The molecule has 0 unspecified atom stereocenters. The van der Waals surface area contributed by atoms with Crippen LogP contribution in [0.1, 0.15) is 13.8 Å². The van der Waals surface area contributed by atoms with E-state index in [1.54, 1.807) is 0 Å². The Balaban J connectivity index is 1.87. The normalized spacial score (nSPS) is 12.6. The fraction of sp³-hybridized carbons (Fsp3) is 0.318. The molecule has 0 amide bonds. The molecule has 1 aromatic heterocycles. The molecule has 0 radical (unpaired) electrons. The number of benzene rings is 2. The van der Waals surface area contributed by atoms with Gasteiger partial charge in [-0.2, -0.15) is 0 Å². The van der Waals surface area contributed by atoms with Crippen LogP contribution in [0.4, 0.5) is 5.69 Å². The molecule has 0 aliphatic carbocycles. The summed E-state index contributed by atoms with van der Waals surface area (Å²) in [4.78, 5) is 6.59. The Morgan fingerprint density at radius 3 is 2.56 bits per heavy atom. The standard InChI is InChI=1S/C22H24N2O3/c1-14(2)12-25-20-9-15(24(3)4)5-6-17(20)16-7-8-23-19-11-22-21(10-18(16)19)26-13-27-22/h5-11,14H,12-13H2,1-4H3. The summed E-state index contributed by atoms with van der Waals surface area (Å²) >= 11 is 0. The average molecular weight is 364 g/mol. The molecule has 0 saturated heterocycles. The van der Waals surface area contributed by atoms with Gasteiger partial charge in [0.15, 0.2) is 11.5 Å². The van der Waals surface area contributed by atoms with Gasteiger partial charge in [-0.25, -0.2) is 0 Å². The number of rotatable bonds is 5. The lowest BCUT2D eigenvalue weighted by atomic mass is 9.99. The van der Waals surface area contributed by atoms with E-state index in [1.165, 1.54) is 0 Å². The van der Waals surface area contributed by atoms with Gasteiger partial charge in [-0.3, -0.25) is 4.98 Å². The van der Waals surface area contributed by atoms with Gasteiger partial charge in [0, 0.05) is 49.1 Å². The Bertz CT molecular complexity index is 983. The van der Waals surface area contributed by atoms with Crippen LogP contribution in [-0.4, -0.2) is 32.5 Å². The predicted molar refractivity (Wildman–Crippen MR) is 108 cm³/mol. The van der Waals surface area contributed by atoms with Gasteiger partial charge in [0.05, 0.1) is 12.1 Å². The van der Waals surface area contributed by atoms with E-state index in [1.807, 2.05) is 38.5 Å². The molecule has 5 heteroatoms. The fourth-order valence-electron chi connectivity index (χ4n) is 3.16. The van der Waals surface area contributed by atoms with Gasteiger partial charge in [-0.1, -0.05) is 13.8 Å². The molecule has 1 aliphatic rings. The highest BCUT2D eigenvalue weighted by Gasteiger charge is 2.18. The first-order valence-corrected chi connectivity index (χ1v) is 9.16. The minimum absolute atomic E-state index is 0.251. The molecule has 27 heavy (non-hydrogen) atoms. The minimum Gasteiger partial charge on any atom is -0.493 e. The van der Waals surface area contributed by atoms with E-state index in [0.717, 1.165) is 45.0 Å². The quantitative estimate of drug-likeness (QED) is 0.655. The first kappa shape index (κ1) is 17.5. The van der Waals surface area contributed by atoms with Gasteiger partial charge >= 0.3 is 0 Å². The molecule has 0 spiro atoms. The number of pyridine rings is 1. The lowest BCUT2D eigenvalue weighted by Gasteiger charge is -2.19. The Kier molecular flexibility index (Phi) is 4.52. The maximum absolute atomic E-state index is 6.18. The maximum atomic E-state index is 6.18. The number of nitrogens with zero attached hydrogens (tertiary/aromatic N) is 2. The molecule has 3 aromatic rings. The van der Waals surface area contributed by atoms with Crippen LogP contribution in [0.15, 0.2) is 42.6 Å². The third-order valence-electron chi connectivity index (χ3n) is 4.58. The van der Waals surface area contributed by atoms with E-state index in [2.05, 4.69) is 41.9 Å². The highest BCUT2D eigenvalue weighted by molar-refractivity contribution is 5.98. The molecule has 0 fully saturated rings. The van der Waals surface area contributed by atoms with E-state index in [-0.39, 0.29) is 6.79 Å². The maximum Gasteiger partial charge on any atom is 0.231 e. The Labute approximate surface area is 159 Å². The third kappa shape index (κ3) is 3.37. The van der Waals surface area contributed by atoms with Crippen LogP contribution in [-0.2, 0) is 0 Å². The van der Waals surface area contributed by atoms with Crippen LogP contribution >= 0.6 is 0 Å². The van der Waals surface area contributed by atoms with Crippen molar-refractivity contribution >= 4 is 16.6 Å². The molecular formula is C22H24N2O3. The zero-order chi connectivity index (χ0) is 19.0. The molecule has 2 heterocycles. The van der Waals surface area contributed by atoms with E-state index < -0.39 is 0 Å². The lowest BCUT2D eigenvalue weighted by molar-refractivity contribution is 0.174. The molecular weight excluding hydrogens is 340 g/mol. The Morgan fingerprint density at radius 2 is 1.81 bits per heavy atom. The molecule has 4 rings (SSSR count). The van der Waals surface area contributed by atoms with Gasteiger partial charge in [-0.15, -0.1) is 0 Å². The second kappa shape index (κ2) is 6.99. The number of anilines is 1. The molecule has 0 atom stereocenters. The first-order chi connectivity index (χ1) is 13.0. The second-order valence-corrected chi connectivity index (χ2v) is 7.36. The number of ether oxygens (including phenoxy) is 3. The van der Waals surface area contributed by atoms with Crippen LogP contribution in [0.2, 0.25) is 0 Å². The van der Waals surface area contributed by atoms with E-state index in [9.17, 15) is 0 Å². The fourth-order valence-corrected chi connectivity index (χ4v) is 3.16. The topological polar surface area (TPSA) is 43.8 Å². The van der Waals surface area contributed by atoms with Gasteiger partial charge in [0.2, 0.25) is 6.79 Å². The van der Waals surface area contributed by atoms with Crippen LogP contribution in [0.25, 0.3) is 22.0 Å². The largest absolute Gasteiger partial charge is 0.493 e. The first-order valence-electron chi connectivity index (χ1n) is 9.16. The van der Waals surface area contributed by atoms with Crippen molar-refractivity contribution in [2.45, 2.75) is 13.8 Å². The van der Waals surface area contributed by atoms with Gasteiger partial charge in [-0.05, 0) is 35.7 Å². The Morgan fingerprint density at radius 1 is 1.04 bits per heavy atom. The molecule has 0 N–H and O–H groups in total. The Hall–Kier alpha value is -2.95. The summed E-state index contributed by atoms with van der Waals surface area (Å²) in [6.45, 7) is 5.22.